The van der Waals surface area contributed by atoms with Gasteiger partial charge in [-0.1, -0.05) is 32.4 Å². The van der Waals surface area contributed by atoms with Gasteiger partial charge in [0.05, 0.1) is 30.4 Å². The summed E-state index contributed by atoms with van der Waals surface area (Å²) >= 11 is 6.23. The van der Waals surface area contributed by atoms with Crippen LogP contribution in [0.2, 0.25) is 5.02 Å². The van der Waals surface area contributed by atoms with Gasteiger partial charge in [-0.3, -0.25) is 0 Å². The number of phenolic OH excluding ortho intramolecular Hbond substituents is 1. The number of benzene rings is 1. The lowest BCUT2D eigenvalue weighted by Crippen LogP contribution is -2.76. The SMILES string of the molecule is COc1cc(O)c(C(=O)O[C@@H]2C[C@]3(C)[C@H]4[C@@H](O)C(C)(C)C[C@]4(O)C=C(CO)[C@]23O)c(C)c1Cl. The fourth-order valence-corrected chi connectivity index (χ4v) is 6.84. The molecule has 0 unspecified atom stereocenters. The normalized spacial score (nSPS) is 38.6. The second kappa shape index (κ2) is 7.33. The lowest BCUT2D eigenvalue weighted by atomic mass is 9.43. The third kappa shape index (κ3) is 3.01. The first-order valence-corrected chi connectivity index (χ1v) is 11.3. The van der Waals surface area contributed by atoms with Crippen molar-refractivity contribution >= 4 is 17.6 Å². The summed E-state index contributed by atoms with van der Waals surface area (Å²) in [5.74, 6) is -1.79. The summed E-state index contributed by atoms with van der Waals surface area (Å²) in [4.78, 5) is 13.0. The molecular formula is C24H31ClO8. The maximum atomic E-state index is 13.0. The molecule has 0 amide bonds. The van der Waals surface area contributed by atoms with E-state index in [2.05, 4.69) is 0 Å². The van der Waals surface area contributed by atoms with Crippen LogP contribution in [0, 0.1) is 23.7 Å². The van der Waals surface area contributed by atoms with E-state index in [4.69, 9.17) is 21.1 Å². The van der Waals surface area contributed by atoms with E-state index in [1.807, 2.05) is 13.8 Å². The first-order chi connectivity index (χ1) is 15.2. The topological polar surface area (TPSA) is 137 Å². The zero-order valence-electron chi connectivity index (χ0n) is 19.3. The van der Waals surface area contributed by atoms with Crippen LogP contribution in [0.3, 0.4) is 0 Å². The molecule has 0 radical (unpaired) electrons. The molecule has 8 nitrogen and oxygen atoms in total. The molecule has 33 heavy (non-hydrogen) atoms. The van der Waals surface area contributed by atoms with E-state index in [-0.39, 0.29) is 46.1 Å². The molecule has 0 saturated heterocycles. The number of aromatic hydroxyl groups is 1. The Kier molecular flexibility index (Phi) is 5.39. The zero-order chi connectivity index (χ0) is 24.7. The summed E-state index contributed by atoms with van der Waals surface area (Å²) in [5.41, 5.74) is -4.62. The highest BCUT2D eigenvalue weighted by molar-refractivity contribution is 6.33. The van der Waals surface area contributed by atoms with Crippen molar-refractivity contribution in [2.75, 3.05) is 13.7 Å². The van der Waals surface area contributed by atoms with E-state index < -0.39 is 52.7 Å². The van der Waals surface area contributed by atoms with E-state index in [1.165, 1.54) is 26.2 Å². The summed E-state index contributed by atoms with van der Waals surface area (Å²) < 4.78 is 10.7. The number of carbonyl (C=O) groups is 1. The van der Waals surface area contributed by atoms with Crippen molar-refractivity contribution in [1.29, 1.82) is 0 Å². The molecule has 2 saturated carbocycles. The van der Waals surface area contributed by atoms with Crippen LogP contribution < -0.4 is 4.74 Å². The van der Waals surface area contributed by atoms with Crippen LogP contribution in [0.1, 0.15) is 49.5 Å². The Labute approximate surface area is 197 Å². The van der Waals surface area contributed by atoms with Crippen molar-refractivity contribution in [3.8, 4) is 11.5 Å². The van der Waals surface area contributed by atoms with Crippen molar-refractivity contribution in [2.45, 2.75) is 63.9 Å². The van der Waals surface area contributed by atoms with Crippen molar-refractivity contribution in [1.82, 2.24) is 0 Å². The quantitative estimate of drug-likeness (QED) is 0.325. The lowest BCUT2D eigenvalue weighted by Gasteiger charge is -2.66. The van der Waals surface area contributed by atoms with E-state index in [1.54, 1.807) is 6.92 Å². The van der Waals surface area contributed by atoms with Gasteiger partial charge in [-0.05, 0) is 42.4 Å². The van der Waals surface area contributed by atoms with Crippen LogP contribution in [-0.2, 0) is 4.74 Å². The summed E-state index contributed by atoms with van der Waals surface area (Å²) in [6, 6.07) is 1.21. The Morgan fingerprint density at radius 2 is 1.91 bits per heavy atom. The van der Waals surface area contributed by atoms with Gasteiger partial charge >= 0.3 is 5.97 Å². The fourth-order valence-electron chi connectivity index (χ4n) is 6.62. The van der Waals surface area contributed by atoms with Gasteiger partial charge in [-0.15, -0.1) is 0 Å². The van der Waals surface area contributed by atoms with Gasteiger partial charge in [-0.25, -0.2) is 4.79 Å². The molecule has 0 spiro atoms. The minimum absolute atomic E-state index is 0.145. The predicted molar refractivity (Wildman–Crippen MR) is 119 cm³/mol. The van der Waals surface area contributed by atoms with Gasteiger partial charge in [0.2, 0.25) is 0 Å². The Morgan fingerprint density at radius 1 is 1.27 bits per heavy atom. The van der Waals surface area contributed by atoms with Crippen LogP contribution in [0.4, 0.5) is 0 Å². The van der Waals surface area contributed by atoms with Crippen molar-refractivity contribution in [3.63, 3.8) is 0 Å². The second-order valence-electron chi connectivity index (χ2n) is 10.6. The number of rotatable bonds is 4. The van der Waals surface area contributed by atoms with Crippen LogP contribution in [0.5, 0.6) is 11.5 Å². The van der Waals surface area contributed by atoms with E-state index in [0.717, 1.165) is 0 Å². The van der Waals surface area contributed by atoms with Gasteiger partial charge < -0.3 is 35.0 Å². The number of aliphatic hydroxyl groups is 4. The van der Waals surface area contributed by atoms with Crippen molar-refractivity contribution in [2.24, 2.45) is 16.7 Å². The lowest BCUT2D eigenvalue weighted by molar-refractivity contribution is -0.276. The zero-order valence-corrected chi connectivity index (χ0v) is 20.1. The number of halogens is 1. The van der Waals surface area contributed by atoms with Gasteiger partial charge in [0.1, 0.15) is 28.8 Å². The van der Waals surface area contributed by atoms with Crippen LogP contribution in [-0.4, -0.2) is 68.6 Å². The van der Waals surface area contributed by atoms with Gasteiger partial charge in [-0.2, -0.15) is 0 Å². The summed E-state index contributed by atoms with van der Waals surface area (Å²) in [6.07, 6.45) is -0.142. The third-order valence-electron chi connectivity index (χ3n) is 8.23. The number of ether oxygens (including phenoxy) is 2. The minimum Gasteiger partial charge on any atom is -0.507 e. The molecule has 182 valence electrons. The van der Waals surface area contributed by atoms with Gasteiger partial charge in [0.15, 0.2) is 0 Å². The summed E-state index contributed by atoms with van der Waals surface area (Å²) in [6.45, 7) is 6.41. The molecule has 0 heterocycles. The smallest absolute Gasteiger partial charge is 0.342 e. The minimum atomic E-state index is -1.80. The molecule has 3 aliphatic rings. The molecule has 3 aliphatic carbocycles. The number of methoxy groups -OCH3 is 1. The molecular weight excluding hydrogens is 452 g/mol. The largest absolute Gasteiger partial charge is 0.507 e. The maximum Gasteiger partial charge on any atom is 0.342 e. The van der Waals surface area contributed by atoms with E-state index >= 15 is 0 Å². The van der Waals surface area contributed by atoms with E-state index in [9.17, 15) is 30.3 Å². The van der Waals surface area contributed by atoms with Crippen molar-refractivity contribution in [3.05, 3.63) is 33.9 Å². The predicted octanol–water partition coefficient (Wildman–Crippen LogP) is 2.10. The average molecular weight is 483 g/mol. The average Bonchev–Trinajstić information content (AvgIpc) is 2.91. The number of carbonyl (C=O) groups excluding carboxylic acids is 1. The Balaban J connectivity index is 1.71. The van der Waals surface area contributed by atoms with Gasteiger partial charge in [0.25, 0.3) is 0 Å². The number of hydrogen-bond acceptors (Lipinski definition) is 8. The summed E-state index contributed by atoms with van der Waals surface area (Å²) in [7, 11) is 1.38. The molecule has 5 N–H and O–H groups in total. The number of esters is 1. The monoisotopic (exact) mass is 482 g/mol. The highest BCUT2D eigenvalue weighted by Crippen LogP contribution is 2.69. The molecule has 0 aliphatic heterocycles. The number of fused-ring (bicyclic) bond motifs is 3. The maximum absolute atomic E-state index is 13.0. The molecule has 1 aromatic rings. The molecule has 0 bridgehead atoms. The molecule has 4 rings (SSSR count). The first-order valence-electron chi connectivity index (χ1n) is 10.9. The van der Waals surface area contributed by atoms with Crippen LogP contribution >= 0.6 is 11.6 Å². The van der Waals surface area contributed by atoms with Gasteiger partial charge in [0, 0.05) is 17.4 Å². The molecule has 2 fully saturated rings. The second-order valence-corrected chi connectivity index (χ2v) is 11.0. The van der Waals surface area contributed by atoms with Crippen LogP contribution in [0.25, 0.3) is 0 Å². The first kappa shape index (κ1) is 24.3. The molecule has 1 aromatic carbocycles. The molecule has 9 heteroatoms. The van der Waals surface area contributed by atoms with Crippen LogP contribution in [0.15, 0.2) is 17.7 Å². The number of aliphatic hydroxyl groups excluding tert-OH is 2. The third-order valence-corrected chi connectivity index (χ3v) is 8.70. The Hall–Kier alpha value is -1.84. The molecule has 0 aromatic heterocycles. The Bertz CT molecular complexity index is 1050. The standard InChI is InChI=1S/C24H31ClO8/c1-11-16(13(27)6-14(32-5)17(11)25)20(29)33-15-8-22(4)18-19(28)21(2,3)10-23(18,30)7-12(9-26)24(15,22)31/h6-7,15,18-19,26-28,30-31H,8-10H2,1-5H3/t15-,18-,19-,22-,23-,24+/m1/s1. The summed E-state index contributed by atoms with van der Waals surface area (Å²) in [5, 5.41) is 54.8. The van der Waals surface area contributed by atoms with E-state index in [0.29, 0.717) is 0 Å². The highest BCUT2D eigenvalue weighted by atomic mass is 35.5. The molecule has 6 atom stereocenters. The number of hydrogen-bond donors (Lipinski definition) is 5. The number of phenols is 1. The van der Waals surface area contributed by atoms with Crippen molar-refractivity contribution < 1.29 is 39.8 Å². The Morgan fingerprint density at radius 3 is 2.48 bits per heavy atom. The fraction of sp³-hybridized carbons (Fsp3) is 0.625. The highest BCUT2D eigenvalue weighted by Gasteiger charge is 2.77.